The molecule has 2 aromatic heterocycles. The van der Waals surface area contributed by atoms with E-state index in [1.165, 1.54) is 0 Å². The third-order valence-electron chi connectivity index (χ3n) is 4.01. The maximum absolute atomic E-state index is 9.51. The second kappa shape index (κ2) is 7.58. The number of aryl methyl sites for hydroxylation is 1. The van der Waals surface area contributed by atoms with Crippen LogP contribution >= 0.6 is 0 Å². The highest BCUT2D eigenvalue weighted by atomic mass is 16.5. The molecule has 3 aromatic rings. The first-order valence-corrected chi connectivity index (χ1v) is 8.30. The number of hydrogen-bond donors (Lipinski definition) is 1. The second-order valence-corrected chi connectivity index (χ2v) is 5.57. The molecule has 25 heavy (non-hydrogen) atoms. The van der Waals surface area contributed by atoms with E-state index in [9.17, 15) is 5.26 Å². The molecule has 0 aliphatic carbocycles. The van der Waals surface area contributed by atoms with Crippen molar-refractivity contribution in [2.75, 3.05) is 5.32 Å². The van der Waals surface area contributed by atoms with E-state index in [4.69, 9.17) is 4.52 Å². The first kappa shape index (κ1) is 16.7. The molecule has 1 N–H and O–H groups in total. The van der Waals surface area contributed by atoms with E-state index in [0.717, 1.165) is 35.4 Å². The fraction of sp³-hybridized carbons (Fsp3) is 0.263. The molecule has 0 saturated heterocycles. The van der Waals surface area contributed by atoms with Crippen molar-refractivity contribution < 1.29 is 4.52 Å². The van der Waals surface area contributed by atoms with Crippen LogP contribution in [0.2, 0.25) is 0 Å². The number of benzene rings is 1. The van der Waals surface area contributed by atoms with E-state index in [-0.39, 0.29) is 0 Å². The van der Waals surface area contributed by atoms with Gasteiger partial charge in [-0.25, -0.2) is 0 Å². The van der Waals surface area contributed by atoms with Gasteiger partial charge in [-0.15, -0.1) is 5.10 Å². The summed E-state index contributed by atoms with van der Waals surface area (Å²) in [6, 6.07) is 13.9. The maximum atomic E-state index is 9.51. The molecule has 126 valence electrons. The molecule has 0 unspecified atom stereocenters. The molecule has 1 aromatic carbocycles. The van der Waals surface area contributed by atoms with Crippen LogP contribution < -0.4 is 5.32 Å². The number of aromatic nitrogens is 3. The predicted octanol–water partition coefficient (Wildman–Crippen LogP) is 3.74. The molecule has 0 aliphatic heterocycles. The highest BCUT2D eigenvalue weighted by Crippen LogP contribution is 2.22. The second-order valence-electron chi connectivity index (χ2n) is 5.57. The van der Waals surface area contributed by atoms with Gasteiger partial charge in [-0.05, 0) is 18.4 Å². The highest BCUT2D eigenvalue weighted by molar-refractivity contribution is 5.58. The van der Waals surface area contributed by atoms with Crippen molar-refractivity contribution in [3.8, 4) is 17.4 Å². The van der Waals surface area contributed by atoms with Gasteiger partial charge in [0.05, 0.1) is 12.2 Å². The number of rotatable bonds is 6. The zero-order valence-corrected chi connectivity index (χ0v) is 14.3. The Kier molecular flexibility index (Phi) is 5.05. The molecule has 0 saturated carbocycles. The summed E-state index contributed by atoms with van der Waals surface area (Å²) < 4.78 is 5.39. The molecule has 0 amide bonds. The van der Waals surface area contributed by atoms with Gasteiger partial charge < -0.3 is 9.84 Å². The first-order valence-electron chi connectivity index (χ1n) is 8.30. The van der Waals surface area contributed by atoms with Gasteiger partial charge in [0.2, 0.25) is 0 Å². The van der Waals surface area contributed by atoms with E-state index in [1.807, 2.05) is 50.2 Å². The van der Waals surface area contributed by atoms with Crippen LogP contribution in [0, 0.1) is 11.3 Å². The van der Waals surface area contributed by atoms with Gasteiger partial charge in [0.25, 0.3) is 0 Å². The average Bonchev–Trinajstić information content (AvgIpc) is 3.15. The number of nitrogens with one attached hydrogen (secondary N) is 1. The van der Waals surface area contributed by atoms with Crippen LogP contribution in [0.4, 0.5) is 5.82 Å². The molecule has 0 radical (unpaired) electrons. The van der Waals surface area contributed by atoms with Gasteiger partial charge >= 0.3 is 0 Å². The van der Waals surface area contributed by atoms with E-state index in [0.29, 0.717) is 23.7 Å². The third-order valence-corrected chi connectivity index (χ3v) is 4.01. The number of nitriles is 1. The summed E-state index contributed by atoms with van der Waals surface area (Å²) in [6.07, 6.45) is 1.51. The van der Waals surface area contributed by atoms with Crippen molar-refractivity contribution in [2.24, 2.45) is 0 Å². The van der Waals surface area contributed by atoms with Gasteiger partial charge in [0, 0.05) is 11.6 Å². The zero-order valence-electron chi connectivity index (χ0n) is 14.3. The quantitative estimate of drug-likeness (QED) is 0.739. The number of anilines is 1. The van der Waals surface area contributed by atoms with Crippen LogP contribution in [-0.4, -0.2) is 15.4 Å². The largest absolute Gasteiger partial charge is 0.362 e. The zero-order chi connectivity index (χ0) is 17.6. The van der Waals surface area contributed by atoms with Gasteiger partial charge in [0.15, 0.2) is 11.6 Å². The lowest BCUT2D eigenvalue weighted by molar-refractivity contribution is 0.424. The summed E-state index contributed by atoms with van der Waals surface area (Å²) in [7, 11) is 0. The molecule has 6 heteroatoms. The lowest BCUT2D eigenvalue weighted by Crippen LogP contribution is -2.10. The molecule has 0 aliphatic rings. The van der Waals surface area contributed by atoms with Crippen molar-refractivity contribution in [2.45, 2.75) is 33.2 Å². The van der Waals surface area contributed by atoms with Crippen molar-refractivity contribution in [1.29, 1.82) is 5.26 Å². The van der Waals surface area contributed by atoms with Gasteiger partial charge in [-0.3, -0.25) is 0 Å². The average molecular weight is 333 g/mol. The Labute approximate surface area is 146 Å². The molecule has 0 fully saturated rings. The molecule has 0 spiro atoms. The van der Waals surface area contributed by atoms with Crippen molar-refractivity contribution in [3.63, 3.8) is 0 Å². The lowest BCUT2D eigenvalue weighted by atomic mass is 10.0. The highest BCUT2D eigenvalue weighted by Gasteiger charge is 2.15. The van der Waals surface area contributed by atoms with E-state index in [2.05, 4.69) is 26.7 Å². The van der Waals surface area contributed by atoms with Crippen LogP contribution in [-0.2, 0) is 19.4 Å². The van der Waals surface area contributed by atoms with Crippen LogP contribution in [0.1, 0.15) is 36.4 Å². The topological polar surface area (TPSA) is 87.6 Å². The van der Waals surface area contributed by atoms with Gasteiger partial charge in [-0.2, -0.15) is 10.4 Å². The molecule has 2 heterocycles. The summed E-state index contributed by atoms with van der Waals surface area (Å²) in [5.74, 6) is 1.19. The Hall–Kier alpha value is -3.20. The van der Waals surface area contributed by atoms with Crippen LogP contribution in [0.25, 0.3) is 11.3 Å². The Bertz CT molecular complexity index is 896. The fourth-order valence-corrected chi connectivity index (χ4v) is 2.72. The van der Waals surface area contributed by atoms with Crippen molar-refractivity contribution >= 4 is 5.82 Å². The number of nitrogens with zero attached hydrogens (tertiary/aromatic N) is 4. The monoisotopic (exact) mass is 333 g/mol. The predicted molar refractivity (Wildman–Crippen MR) is 94.8 cm³/mol. The Balaban J connectivity index is 1.79. The standard InChI is InChI=1S/C19H19N5O/c1-3-15-16(11-20)19(23-22-17(15)4-2)21-12-14-10-18(25-24-14)13-8-6-5-7-9-13/h5-10H,3-4,12H2,1-2H3,(H,21,23). The minimum absolute atomic E-state index is 0.411. The van der Waals surface area contributed by atoms with Crippen LogP contribution in [0.15, 0.2) is 40.9 Å². The molecule has 6 nitrogen and oxygen atoms in total. The molecule has 0 bridgehead atoms. The summed E-state index contributed by atoms with van der Waals surface area (Å²) >= 11 is 0. The van der Waals surface area contributed by atoms with Crippen LogP contribution in [0.5, 0.6) is 0 Å². The first-order chi connectivity index (χ1) is 12.3. The molecular weight excluding hydrogens is 314 g/mol. The fourth-order valence-electron chi connectivity index (χ4n) is 2.72. The SMILES string of the molecule is CCc1nnc(NCc2cc(-c3ccccc3)on2)c(C#N)c1CC. The van der Waals surface area contributed by atoms with E-state index in [1.54, 1.807) is 0 Å². The summed E-state index contributed by atoms with van der Waals surface area (Å²) in [5.41, 5.74) is 4.09. The number of hydrogen-bond acceptors (Lipinski definition) is 6. The molecule has 0 atom stereocenters. The summed E-state index contributed by atoms with van der Waals surface area (Å²) in [5, 5.41) is 25.1. The smallest absolute Gasteiger partial charge is 0.167 e. The van der Waals surface area contributed by atoms with Crippen molar-refractivity contribution in [1.82, 2.24) is 15.4 Å². The Morgan fingerprint density at radius 2 is 1.92 bits per heavy atom. The van der Waals surface area contributed by atoms with E-state index >= 15 is 0 Å². The third kappa shape index (κ3) is 3.50. The molecular formula is C19H19N5O. The normalized spacial score (nSPS) is 10.4. The lowest BCUT2D eigenvalue weighted by Gasteiger charge is -2.11. The summed E-state index contributed by atoms with van der Waals surface area (Å²) in [4.78, 5) is 0. The van der Waals surface area contributed by atoms with Gasteiger partial charge in [-0.1, -0.05) is 49.3 Å². The van der Waals surface area contributed by atoms with Gasteiger partial charge in [0.1, 0.15) is 17.3 Å². The molecule has 3 rings (SSSR count). The summed E-state index contributed by atoms with van der Waals surface area (Å²) in [6.45, 7) is 4.44. The van der Waals surface area contributed by atoms with Crippen molar-refractivity contribution in [3.05, 3.63) is 58.9 Å². The Morgan fingerprint density at radius 3 is 2.60 bits per heavy atom. The Morgan fingerprint density at radius 1 is 1.12 bits per heavy atom. The minimum Gasteiger partial charge on any atom is -0.362 e. The van der Waals surface area contributed by atoms with Crippen LogP contribution in [0.3, 0.4) is 0 Å². The maximum Gasteiger partial charge on any atom is 0.167 e. The van der Waals surface area contributed by atoms with E-state index < -0.39 is 0 Å². The minimum atomic E-state index is 0.411.